The number of carbonyl (C=O) groups is 3. The molecule has 0 aromatic heterocycles. The zero-order valence-corrected chi connectivity index (χ0v) is 13.6. The Kier molecular flexibility index (Phi) is 8.51. The summed E-state index contributed by atoms with van der Waals surface area (Å²) in [6, 6.07) is 7.34. The molecule has 0 bridgehead atoms. The van der Waals surface area contributed by atoms with E-state index >= 15 is 0 Å². The smallest absolute Gasteiger partial charge is 0.407 e. The highest BCUT2D eigenvalue weighted by atomic mass is 16.6. The highest BCUT2D eigenvalue weighted by Crippen LogP contribution is 2.05. The Balaban J connectivity index is 2.29. The maximum atomic E-state index is 11.5. The molecule has 24 heavy (non-hydrogen) atoms. The molecule has 0 aliphatic carbocycles. The lowest BCUT2D eigenvalue weighted by atomic mass is 10.1. The molecule has 1 aromatic rings. The molecule has 9 heteroatoms. The summed E-state index contributed by atoms with van der Waals surface area (Å²) in [7, 11) is 2.54. The van der Waals surface area contributed by atoms with Gasteiger partial charge in [-0.25, -0.2) is 14.4 Å². The number of hydrogen-bond donors (Lipinski definition) is 3. The summed E-state index contributed by atoms with van der Waals surface area (Å²) in [6.45, 7) is 0.790. The monoisotopic (exact) mass is 339 g/mol. The van der Waals surface area contributed by atoms with Gasteiger partial charge in [0.2, 0.25) is 0 Å². The van der Waals surface area contributed by atoms with Crippen LogP contribution in [0.2, 0.25) is 0 Å². The van der Waals surface area contributed by atoms with Crippen LogP contribution in [0.25, 0.3) is 0 Å². The highest BCUT2D eigenvalue weighted by molar-refractivity contribution is 5.68. The van der Waals surface area contributed by atoms with Gasteiger partial charge >= 0.3 is 18.3 Å². The first kappa shape index (κ1) is 19.1. The van der Waals surface area contributed by atoms with Crippen LogP contribution in [0, 0.1) is 0 Å². The molecule has 9 nitrogen and oxygen atoms in total. The summed E-state index contributed by atoms with van der Waals surface area (Å²) in [5.41, 5.74) is 1.72. The van der Waals surface area contributed by atoms with Crippen molar-refractivity contribution in [3.05, 3.63) is 35.4 Å². The van der Waals surface area contributed by atoms with Crippen LogP contribution in [-0.4, -0.2) is 45.7 Å². The Hall–Kier alpha value is -2.97. The van der Waals surface area contributed by atoms with E-state index in [1.165, 1.54) is 14.2 Å². The molecular formula is C15H21N3O6. The normalized spacial score (nSPS) is 9.58. The van der Waals surface area contributed by atoms with E-state index in [-0.39, 0.29) is 19.7 Å². The molecule has 132 valence electrons. The van der Waals surface area contributed by atoms with Gasteiger partial charge in [0, 0.05) is 13.1 Å². The van der Waals surface area contributed by atoms with Gasteiger partial charge in [0.1, 0.15) is 6.61 Å². The Morgan fingerprint density at radius 1 is 0.875 bits per heavy atom. The van der Waals surface area contributed by atoms with Gasteiger partial charge in [0.15, 0.2) is 0 Å². The number of amides is 3. The first-order valence-electron chi connectivity index (χ1n) is 7.17. The van der Waals surface area contributed by atoms with Gasteiger partial charge in [0.25, 0.3) is 0 Å². The number of methoxy groups -OCH3 is 2. The van der Waals surface area contributed by atoms with Crippen LogP contribution in [0.15, 0.2) is 24.3 Å². The lowest BCUT2D eigenvalue weighted by molar-refractivity contribution is 0.140. The second kappa shape index (κ2) is 10.7. The molecule has 3 amide bonds. The Morgan fingerprint density at radius 3 is 2.00 bits per heavy atom. The van der Waals surface area contributed by atoms with E-state index in [1.807, 2.05) is 24.3 Å². The predicted octanol–water partition coefficient (Wildman–Crippen LogP) is 1.12. The second-order valence-corrected chi connectivity index (χ2v) is 4.57. The fraction of sp³-hybridized carbons (Fsp3) is 0.400. The van der Waals surface area contributed by atoms with Gasteiger partial charge in [-0.05, 0) is 11.1 Å². The summed E-state index contributed by atoms with van der Waals surface area (Å²) < 4.78 is 13.8. The van der Waals surface area contributed by atoms with Crippen molar-refractivity contribution in [2.75, 3.05) is 27.4 Å². The van der Waals surface area contributed by atoms with Crippen molar-refractivity contribution >= 4 is 18.3 Å². The third-order valence-corrected chi connectivity index (χ3v) is 2.84. The van der Waals surface area contributed by atoms with E-state index in [0.717, 1.165) is 11.1 Å². The van der Waals surface area contributed by atoms with Crippen LogP contribution in [-0.2, 0) is 27.3 Å². The largest absolute Gasteiger partial charge is 0.453 e. The Morgan fingerprint density at radius 2 is 1.42 bits per heavy atom. The van der Waals surface area contributed by atoms with E-state index in [0.29, 0.717) is 6.54 Å². The number of rotatable bonds is 7. The van der Waals surface area contributed by atoms with Gasteiger partial charge in [-0.3, -0.25) is 0 Å². The molecule has 0 aliphatic rings. The topological polar surface area (TPSA) is 115 Å². The summed E-state index contributed by atoms with van der Waals surface area (Å²) in [4.78, 5) is 33.3. The van der Waals surface area contributed by atoms with Crippen LogP contribution < -0.4 is 16.0 Å². The van der Waals surface area contributed by atoms with Crippen molar-refractivity contribution < 1.29 is 28.6 Å². The molecule has 0 aliphatic heterocycles. The molecule has 1 aromatic carbocycles. The van der Waals surface area contributed by atoms with E-state index in [1.54, 1.807) is 0 Å². The minimum atomic E-state index is -0.597. The lowest BCUT2D eigenvalue weighted by Gasteiger charge is -2.09. The van der Waals surface area contributed by atoms with Crippen LogP contribution in [0.3, 0.4) is 0 Å². The Labute approximate surface area is 139 Å². The lowest BCUT2D eigenvalue weighted by Crippen LogP contribution is -2.30. The van der Waals surface area contributed by atoms with Gasteiger partial charge in [0.05, 0.1) is 20.8 Å². The SMILES string of the molecule is COC(=O)NCCOC(=O)NCc1cccc(CNC(=O)OC)c1. The molecule has 0 heterocycles. The standard InChI is InChI=1S/C15H21N3O6/c1-22-13(19)16-6-7-24-15(21)18-10-12-5-3-4-11(8-12)9-17-14(20)23-2/h3-5,8H,6-7,9-10H2,1-2H3,(H,16,19)(H,17,20)(H,18,21). The number of benzene rings is 1. The van der Waals surface area contributed by atoms with Crippen LogP contribution in [0.5, 0.6) is 0 Å². The zero-order chi connectivity index (χ0) is 17.8. The van der Waals surface area contributed by atoms with E-state index in [2.05, 4.69) is 25.4 Å². The van der Waals surface area contributed by atoms with Gasteiger partial charge in [-0.2, -0.15) is 0 Å². The minimum Gasteiger partial charge on any atom is -0.453 e. The molecule has 3 N–H and O–H groups in total. The number of hydrogen-bond acceptors (Lipinski definition) is 6. The van der Waals surface area contributed by atoms with Crippen LogP contribution in [0.1, 0.15) is 11.1 Å². The predicted molar refractivity (Wildman–Crippen MR) is 84.3 cm³/mol. The summed E-state index contributed by atoms with van der Waals surface area (Å²) in [6.07, 6.45) is -1.70. The van der Waals surface area contributed by atoms with Gasteiger partial charge in [-0.1, -0.05) is 24.3 Å². The molecule has 0 fully saturated rings. The molecule has 0 atom stereocenters. The van der Waals surface area contributed by atoms with Crippen molar-refractivity contribution in [2.24, 2.45) is 0 Å². The fourth-order valence-corrected chi connectivity index (χ4v) is 1.69. The number of carbonyl (C=O) groups excluding carboxylic acids is 3. The molecule has 0 spiro atoms. The average Bonchev–Trinajstić information content (AvgIpc) is 2.61. The molecule has 0 saturated carbocycles. The third-order valence-electron chi connectivity index (χ3n) is 2.84. The summed E-state index contributed by atoms with van der Waals surface area (Å²) >= 11 is 0. The van der Waals surface area contributed by atoms with Crippen molar-refractivity contribution in [1.82, 2.24) is 16.0 Å². The zero-order valence-electron chi connectivity index (χ0n) is 13.6. The Bertz CT molecular complexity index is 564. The minimum absolute atomic E-state index is 0.0318. The molecule has 0 unspecified atom stereocenters. The maximum Gasteiger partial charge on any atom is 0.407 e. The van der Waals surface area contributed by atoms with E-state index < -0.39 is 18.3 Å². The molecule has 0 saturated heterocycles. The molecule has 1 rings (SSSR count). The maximum absolute atomic E-state index is 11.5. The van der Waals surface area contributed by atoms with Crippen LogP contribution >= 0.6 is 0 Å². The van der Waals surface area contributed by atoms with Crippen molar-refractivity contribution in [3.8, 4) is 0 Å². The number of alkyl carbamates (subject to hydrolysis) is 3. The van der Waals surface area contributed by atoms with E-state index in [4.69, 9.17) is 4.74 Å². The molecule has 0 radical (unpaired) electrons. The summed E-state index contributed by atoms with van der Waals surface area (Å²) in [5, 5.41) is 7.54. The highest BCUT2D eigenvalue weighted by Gasteiger charge is 2.04. The van der Waals surface area contributed by atoms with Gasteiger partial charge < -0.3 is 30.2 Å². The van der Waals surface area contributed by atoms with Crippen molar-refractivity contribution in [2.45, 2.75) is 13.1 Å². The second-order valence-electron chi connectivity index (χ2n) is 4.57. The molecular weight excluding hydrogens is 318 g/mol. The fourth-order valence-electron chi connectivity index (χ4n) is 1.69. The summed E-state index contributed by atoms with van der Waals surface area (Å²) in [5.74, 6) is 0. The van der Waals surface area contributed by atoms with E-state index in [9.17, 15) is 14.4 Å². The first-order valence-corrected chi connectivity index (χ1v) is 7.17. The van der Waals surface area contributed by atoms with Crippen molar-refractivity contribution in [3.63, 3.8) is 0 Å². The number of nitrogens with one attached hydrogen (secondary N) is 3. The third kappa shape index (κ3) is 7.87. The number of ether oxygens (including phenoxy) is 3. The van der Waals surface area contributed by atoms with Crippen LogP contribution in [0.4, 0.5) is 14.4 Å². The van der Waals surface area contributed by atoms with Gasteiger partial charge in [-0.15, -0.1) is 0 Å². The first-order chi connectivity index (χ1) is 11.5. The van der Waals surface area contributed by atoms with Crippen molar-refractivity contribution in [1.29, 1.82) is 0 Å². The average molecular weight is 339 g/mol. The quantitative estimate of drug-likeness (QED) is 0.507.